The second kappa shape index (κ2) is 6.43. The summed E-state index contributed by atoms with van der Waals surface area (Å²) in [5.41, 5.74) is 0. The lowest BCUT2D eigenvalue weighted by atomic mass is 10.0. The first-order valence-electron chi connectivity index (χ1n) is 6.62. The maximum absolute atomic E-state index is 12.2. The first kappa shape index (κ1) is 14.4. The van der Waals surface area contributed by atoms with E-state index in [1.807, 2.05) is 29.8 Å². The number of piperidine rings is 1. The van der Waals surface area contributed by atoms with Crippen LogP contribution in [0, 0.1) is 0 Å². The summed E-state index contributed by atoms with van der Waals surface area (Å²) in [6, 6.07) is 0.394. The third-order valence-electron chi connectivity index (χ3n) is 3.73. The summed E-state index contributed by atoms with van der Waals surface area (Å²) in [6.07, 6.45) is 5.80. The number of amides is 1. The van der Waals surface area contributed by atoms with E-state index < -0.39 is 0 Å². The summed E-state index contributed by atoms with van der Waals surface area (Å²) in [7, 11) is 6.01. The van der Waals surface area contributed by atoms with Crippen LogP contribution in [0.25, 0.3) is 0 Å². The number of hydrogen-bond acceptors (Lipinski definition) is 4. The molecule has 1 aromatic heterocycles. The Balaban J connectivity index is 1.81. The molecule has 0 bridgehead atoms. The summed E-state index contributed by atoms with van der Waals surface area (Å²) in [4.78, 5) is 20.6. The van der Waals surface area contributed by atoms with Crippen LogP contribution in [0.5, 0.6) is 0 Å². The molecule has 1 saturated heterocycles. The number of nitrogens with zero attached hydrogens (tertiary/aromatic N) is 4. The van der Waals surface area contributed by atoms with Gasteiger partial charge in [0.1, 0.15) is 0 Å². The highest BCUT2D eigenvalue weighted by atomic mass is 32.2. The number of aryl methyl sites for hydroxylation is 1. The monoisotopic (exact) mass is 282 g/mol. The SMILES string of the molecule is CN1CCC(N(C)C(=O)CSc2nccn2C)CC1. The van der Waals surface area contributed by atoms with E-state index in [1.54, 1.807) is 6.20 Å². The normalized spacial score (nSPS) is 17.6. The van der Waals surface area contributed by atoms with E-state index >= 15 is 0 Å². The predicted octanol–water partition coefficient (Wildman–Crippen LogP) is 1.06. The molecule has 6 heteroatoms. The first-order chi connectivity index (χ1) is 9.08. The number of thioether (sulfide) groups is 1. The predicted molar refractivity (Wildman–Crippen MR) is 77.2 cm³/mol. The van der Waals surface area contributed by atoms with Gasteiger partial charge in [-0.05, 0) is 33.0 Å². The van der Waals surface area contributed by atoms with E-state index in [-0.39, 0.29) is 5.91 Å². The largest absolute Gasteiger partial charge is 0.342 e. The first-order valence-corrected chi connectivity index (χ1v) is 7.61. The van der Waals surface area contributed by atoms with Crippen LogP contribution in [-0.2, 0) is 11.8 Å². The van der Waals surface area contributed by atoms with Gasteiger partial charge in [-0.25, -0.2) is 4.98 Å². The van der Waals surface area contributed by atoms with Gasteiger partial charge in [0.15, 0.2) is 5.16 Å². The van der Waals surface area contributed by atoms with E-state index in [0.29, 0.717) is 11.8 Å². The van der Waals surface area contributed by atoms with Crippen molar-refractivity contribution in [1.29, 1.82) is 0 Å². The van der Waals surface area contributed by atoms with Gasteiger partial charge in [0.2, 0.25) is 5.91 Å². The minimum Gasteiger partial charge on any atom is -0.342 e. The Bertz CT molecular complexity index is 426. The van der Waals surface area contributed by atoms with E-state index in [0.717, 1.165) is 31.1 Å². The molecule has 2 rings (SSSR count). The Hall–Kier alpha value is -1.01. The minimum absolute atomic E-state index is 0.197. The molecule has 0 aliphatic carbocycles. The van der Waals surface area contributed by atoms with Gasteiger partial charge in [-0.15, -0.1) is 0 Å². The van der Waals surface area contributed by atoms with E-state index in [1.165, 1.54) is 11.8 Å². The van der Waals surface area contributed by atoms with Gasteiger partial charge in [-0.3, -0.25) is 4.79 Å². The molecule has 1 amide bonds. The highest BCUT2D eigenvalue weighted by Crippen LogP contribution is 2.18. The molecule has 1 aliphatic rings. The fourth-order valence-electron chi connectivity index (χ4n) is 2.31. The van der Waals surface area contributed by atoms with Gasteiger partial charge in [-0.2, -0.15) is 0 Å². The maximum Gasteiger partial charge on any atom is 0.233 e. The number of likely N-dealkylation sites (tertiary alicyclic amines) is 1. The van der Waals surface area contributed by atoms with Crippen LogP contribution in [0.2, 0.25) is 0 Å². The van der Waals surface area contributed by atoms with Crippen molar-refractivity contribution >= 4 is 17.7 Å². The van der Waals surface area contributed by atoms with Crippen molar-refractivity contribution in [2.45, 2.75) is 24.0 Å². The lowest BCUT2D eigenvalue weighted by molar-refractivity contribution is -0.129. The van der Waals surface area contributed by atoms with Crippen LogP contribution in [0.4, 0.5) is 0 Å². The van der Waals surface area contributed by atoms with Crippen molar-refractivity contribution in [3.63, 3.8) is 0 Å². The Morgan fingerprint density at radius 2 is 2.16 bits per heavy atom. The fourth-order valence-corrected chi connectivity index (χ4v) is 3.16. The zero-order valence-corrected chi connectivity index (χ0v) is 12.7. The Labute approximate surface area is 119 Å². The summed E-state index contributed by atoms with van der Waals surface area (Å²) in [5.74, 6) is 0.663. The van der Waals surface area contributed by atoms with E-state index in [4.69, 9.17) is 0 Å². The molecule has 1 fully saturated rings. The summed E-state index contributed by atoms with van der Waals surface area (Å²) >= 11 is 1.50. The molecule has 106 valence electrons. The van der Waals surface area contributed by atoms with Crippen molar-refractivity contribution in [2.24, 2.45) is 7.05 Å². The van der Waals surface area contributed by atoms with Crippen molar-refractivity contribution in [3.8, 4) is 0 Å². The minimum atomic E-state index is 0.197. The van der Waals surface area contributed by atoms with Crippen LogP contribution in [0.15, 0.2) is 17.6 Å². The van der Waals surface area contributed by atoms with Crippen LogP contribution in [-0.4, -0.2) is 64.2 Å². The van der Waals surface area contributed by atoms with Crippen LogP contribution in [0.3, 0.4) is 0 Å². The smallest absolute Gasteiger partial charge is 0.233 e. The topological polar surface area (TPSA) is 41.4 Å². The molecule has 2 heterocycles. The molecule has 1 aromatic rings. The number of aromatic nitrogens is 2. The van der Waals surface area contributed by atoms with Crippen molar-refractivity contribution in [2.75, 3.05) is 32.9 Å². The van der Waals surface area contributed by atoms with Gasteiger partial charge in [0.05, 0.1) is 5.75 Å². The van der Waals surface area contributed by atoms with E-state index in [9.17, 15) is 4.79 Å². The average molecular weight is 282 g/mol. The van der Waals surface area contributed by atoms with Crippen molar-refractivity contribution in [3.05, 3.63) is 12.4 Å². The molecular formula is C13H22N4OS. The van der Waals surface area contributed by atoms with Gasteiger partial charge in [-0.1, -0.05) is 11.8 Å². The molecule has 5 nitrogen and oxygen atoms in total. The van der Waals surface area contributed by atoms with E-state index in [2.05, 4.69) is 16.9 Å². The summed E-state index contributed by atoms with van der Waals surface area (Å²) < 4.78 is 1.94. The van der Waals surface area contributed by atoms with Crippen LogP contribution < -0.4 is 0 Å². The highest BCUT2D eigenvalue weighted by molar-refractivity contribution is 7.99. The molecule has 0 spiro atoms. The van der Waals surface area contributed by atoms with Gasteiger partial charge >= 0.3 is 0 Å². The number of hydrogen-bond donors (Lipinski definition) is 0. The number of carbonyl (C=O) groups excluding carboxylic acids is 1. The Morgan fingerprint density at radius 3 is 2.74 bits per heavy atom. The molecule has 0 N–H and O–H groups in total. The molecule has 0 aromatic carbocycles. The third-order valence-corrected chi connectivity index (χ3v) is 4.77. The standard InChI is InChI=1S/C13H22N4OS/c1-15-7-4-11(5-8-15)17(3)12(18)10-19-13-14-6-9-16(13)2/h6,9,11H,4-5,7-8,10H2,1-3H3. The average Bonchev–Trinajstić information content (AvgIpc) is 2.81. The number of carbonyl (C=O) groups is 1. The summed E-state index contributed by atoms with van der Waals surface area (Å²) in [6.45, 7) is 2.16. The van der Waals surface area contributed by atoms with Crippen molar-refractivity contribution in [1.82, 2.24) is 19.4 Å². The number of imidazole rings is 1. The van der Waals surface area contributed by atoms with Crippen LogP contribution >= 0.6 is 11.8 Å². The quantitative estimate of drug-likeness (QED) is 0.775. The maximum atomic E-state index is 12.2. The van der Waals surface area contributed by atoms with Gasteiger partial charge in [0.25, 0.3) is 0 Å². The lowest BCUT2D eigenvalue weighted by Gasteiger charge is -2.35. The molecule has 0 unspecified atom stereocenters. The second-order valence-corrected chi connectivity index (χ2v) is 6.09. The van der Waals surface area contributed by atoms with Gasteiger partial charge < -0.3 is 14.4 Å². The fraction of sp³-hybridized carbons (Fsp3) is 0.692. The Kier molecular flexibility index (Phi) is 4.87. The van der Waals surface area contributed by atoms with Crippen molar-refractivity contribution < 1.29 is 4.79 Å². The zero-order valence-electron chi connectivity index (χ0n) is 11.9. The number of rotatable bonds is 4. The van der Waals surface area contributed by atoms with Gasteiger partial charge in [0, 0.05) is 32.5 Å². The highest BCUT2D eigenvalue weighted by Gasteiger charge is 2.23. The lowest BCUT2D eigenvalue weighted by Crippen LogP contribution is -2.45. The molecule has 0 atom stereocenters. The molecule has 1 aliphatic heterocycles. The second-order valence-electron chi connectivity index (χ2n) is 5.15. The molecular weight excluding hydrogens is 260 g/mol. The third kappa shape index (κ3) is 3.73. The Morgan fingerprint density at radius 1 is 1.47 bits per heavy atom. The summed E-state index contributed by atoms with van der Waals surface area (Å²) in [5, 5.41) is 0.894. The molecule has 0 saturated carbocycles. The zero-order chi connectivity index (χ0) is 13.8. The molecule has 19 heavy (non-hydrogen) atoms. The molecule has 0 radical (unpaired) electrons. The van der Waals surface area contributed by atoms with Crippen LogP contribution in [0.1, 0.15) is 12.8 Å².